The molecule has 1 aromatic carbocycles. The summed E-state index contributed by atoms with van der Waals surface area (Å²) in [4.78, 5) is 8.59. The quantitative estimate of drug-likeness (QED) is 0.712. The summed E-state index contributed by atoms with van der Waals surface area (Å²) >= 11 is 1.59. The number of nitrogens with one attached hydrogen (secondary N) is 1. The fraction of sp³-hybridized carbons (Fsp3) is 0. The van der Waals surface area contributed by atoms with E-state index in [9.17, 15) is 5.11 Å². The monoisotopic (exact) mass is 269 g/mol. The van der Waals surface area contributed by atoms with Crippen molar-refractivity contribution in [3.63, 3.8) is 0 Å². The van der Waals surface area contributed by atoms with Crippen LogP contribution in [0.5, 0.6) is 5.75 Å². The zero-order chi connectivity index (χ0) is 13.1. The van der Waals surface area contributed by atoms with Crippen LogP contribution in [-0.4, -0.2) is 15.1 Å². The van der Waals surface area contributed by atoms with E-state index >= 15 is 0 Å². The van der Waals surface area contributed by atoms with E-state index in [4.69, 9.17) is 0 Å². The minimum absolute atomic E-state index is 0.248. The highest BCUT2D eigenvalue weighted by atomic mass is 32.1. The molecule has 94 valence electrons. The summed E-state index contributed by atoms with van der Waals surface area (Å²) in [5.41, 5.74) is 1.89. The number of rotatable bonds is 3. The molecule has 0 aliphatic carbocycles. The number of phenols is 1. The Kier molecular flexibility index (Phi) is 3.12. The maximum Gasteiger partial charge on any atom is 0.130 e. The summed E-state index contributed by atoms with van der Waals surface area (Å²) < 4.78 is 0. The summed E-state index contributed by atoms with van der Waals surface area (Å²) in [6, 6.07) is 10.7. The first kappa shape index (κ1) is 11.7. The molecule has 2 aromatic heterocycles. The average molecular weight is 269 g/mol. The molecule has 3 rings (SSSR count). The van der Waals surface area contributed by atoms with Gasteiger partial charge in [0.15, 0.2) is 0 Å². The number of aromatic hydroxyl groups is 1. The van der Waals surface area contributed by atoms with Gasteiger partial charge in [0, 0.05) is 29.0 Å². The molecule has 0 bridgehead atoms. The number of aromatic nitrogens is 2. The second-order valence-corrected chi connectivity index (χ2v) is 4.84. The zero-order valence-corrected chi connectivity index (χ0v) is 10.8. The van der Waals surface area contributed by atoms with Gasteiger partial charge in [0.05, 0.1) is 0 Å². The van der Waals surface area contributed by atoms with Crippen molar-refractivity contribution in [3.05, 3.63) is 54.2 Å². The Morgan fingerprint density at radius 1 is 1.00 bits per heavy atom. The predicted molar refractivity (Wildman–Crippen MR) is 76.7 cm³/mol. The van der Waals surface area contributed by atoms with E-state index in [-0.39, 0.29) is 5.75 Å². The first-order valence-corrected chi connectivity index (χ1v) is 6.61. The maximum atomic E-state index is 9.22. The minimum Gasteiger partial charge on any atom is -0.508 e. The molecule has 0 unspecified atom stereocenters. The fourth-order valence-corrected chi connectivity index (χ4v) is 2.28. The number of pyridine rings is 1. The van der Waals surface area contributed by atoms with Gasteiger partial charge in [-0.2, -0.15) is 0 Å². The minimum atomic E-state index is 0.248. The first-order chi connectivity index (χ1) is 9.31. The molecule has 0 spiro atoms. The van der Waals surface area contributed by atoms with Gasteiger partial charge in [-0.25, -0.2) is 9.97 Å². The number of hydrogen-bond donors (Lipinski definition) is 2. The molecule has 0 aliphatic rings. The van der Waals surface area contributed by atoms with Gasteiger partial charge in [-0.15, -0.1) is 11.3 Å². The topological polar surface area (TPSA) is 58.0 Å². The number of nitrogens with zero attached hydrogens (tertiary/aromatic N) is 2. The van der Waals surface area contributed by atoms with Gasteiger partial charge in [0.2, 0.25) is 0 Å². The van der Waals surface area contributed by atoms with E-state index in [1.54, 1.807) is 48.0 Å². The van der Waals surface area contributed by atoms with Crippen LogP contribution in [-0.2, 0) is 0 Å². The van der Waals surface area contributed by atoms with E-state index in [1.807, 2.05) is 17.5 Å². The van der Waals surface area contributed by atoms with Crippen molar-refractivity contribution >= 4 is 22.8 Å². The van der Waals surface area contributed by atoms with Gasteiger partial charge >= 0.3 is 0 Å². The molecule has 0 aliphatic heterocycles. The van der Waals surface area contributed by atoms with Crippen LogP contribution in [0.25, 0.3) is 10.6 Å². The highest BCUT2D eigenvalue weighted by molar-refractivity contribution is 7.13. The lowest BCUT2D eigenvalue weighted by atomic mass is 10.3. The van der Waals surface area contributed by atoms with E-state index in [1.165, 1.54) is 0 Å². The van der Waals surface area contributed by atoms with E-state index in [2.05, 4.69) is 15.3 Å². The van der Waals surface area contributed by atoms with Crippen molar-refractivity contribution in [2.24, 2.45) is 0 Å². The molecule has 19 heavy (non-hydrogen) atoms. The first-order valence-electron chi connectivity index (χ1n) is 5.73. The number of anilines is 2. The van der Waals surface area contributed by atoms with Crippen LogP contribution in [0, 0.1) is 0 Å². The maximum absolute atomic E-state index is 9.22. The van der Waals surface area contributed by atoms with Gasteiger partial charge in [-0.05, 0) is 36.4 Å². The lowest BCUT2D eigenvalue weighted by Gasteiger charge is -2.05. The molecular formula is C14H11N3OS. The van der Waals surface area contributed by atoms with Gasteiger partial charge in [0.1, 0.15) is 16.6 Å². The van der Waals surface area contributed by atoms with Crippen LogP contribution >= 0.6 is 11.3 Å². The zero-order valence-electron chi connectivity index (χ0n) is 9.95. The van der Waals surface area contributed by atoms with Crippen molar-refractivity contribution in [1.82, 2.24) is 9.97 Å². The third-order valence-corrected chi connectivity index (χ3v) is 3.40. The third-order valence-electron chi connectivity index (χ3n) is 2.58. The SMILES string of the molecule is Oc1ccc(Nc2ccc(-c3nccs3)cn2)cc1. The predicted octanol–water partition coefficient (Wildman–Crippen LogP) is 3.65. The summed E-state index contributed by atoms with van der Waals surface area (Å²) in [5, 5.41) is 15.3. The van der Waals surface area contributed by atoms with Crippen molar-refractivity contribution in [1.29, 1.82) is 0 Å². The molecule has 4 nitrogen and oxygen atoms in total. The Morgan fingerprint density at radius 2 is 1.84 bits per heavy atom. The molecule has 0 saturated heterocycles. The summed E-state index contributed by atoms with van der Waals surface area (Å²) in [7, 11) is 0. The Morgan fingerprint density at radius 3 is 2.47 bits per heavy atom. The second-order valence-electron chi connectivity index (χ2n) is 3.94. The van der Waals surface area contributed by atoms with E-state index < -0.39 is 0 Å². The number of thiazole rings is 1. The molecule has 0 saturated carbocycles. The van der Waals surface area contributed by atoms with Crippen molar-refractivity contribution in [2.75, 3.05) is 5.32 Å². The van der Waals surface area contributed by atoms with E-state index in [0.717, 1.165) is 22.1 Å². The smallest absolute Gasteiger partial charge is 0.130 e. The molecule has 2 N–H and O–H groups in total. The van der Waals surface area contributed by atoms with Gasteiger partial charge in [0.25, 0.3) is 0 Å². The summed E-state index contributed by atoms with van der Waals surface area (Å²) in [6.07, 6.45) is 3.57. The van der Waals surface area contributed by atoms with Crippen LogP contribution in [0.15, 0.2) is 54.2 Å². The molecular weight excluding hydrogens is 258 g/mol. The highest BCUT2D eigenvalue weighted by Gasteiger charge is 2.01. The fourth-order valence-electron chi connectivity index (χ4n) is 1.65. The van der Waals surface area contributed by atoms with Gasteiger partial charge < -0.3 is 10.4 Å². The Hall–Kier alpha value is -2.40. The highest BCUT2D eigenvalue weighted by Crippen LogP contribution is 2.23. The molecule has 0 atom stereocenters. The number of hydrogen-bond acceptors (Lipinski definition) is 5. The molecule has 0 radical (unpaired) electrons. The standard InChI is InChI=1S/C14H11N3OS/c18-12-4-2-11(3-5-12)17-13-6-1-10(9-16-13)14-15-7-8-19-14/h1-9,18H,(H,16,17). The largest absolute Gasteiger partial charge is 0.508 e. The Balaban J connectivity index is 1.77. The molecule has 0 amide bonds. The number of benzene rings is 1. The molecule has 0 fully saturated rings. The van der Waals surface area contributed by atoms with Crippen molar-refractivity contribution in [2.45, 2.75) is 0 Å². The van der Waals surface area contributed by atoms with E-state index in [0.29, 0.717) is 0 Å². The summed E-state index contributed by atoms with van der Waals surface area (Å²) in [6.45, 7) is 0. The Labute approximate surface area is 114 Å². The lowest BCUT2D eigenvalue weighted by molar-refractivity contribution is 0.475. The van der Waals surface area contributed by atoms with Gasteiger partial charge in [-0.1, -0.05) is 0 Å². The van der Waals surface area contributed by atoms with Crippen molar-refractivity contribution < 1.29 is 5.11 Å². The Bertz CT molecular complexity index is 648. The van der Waals surface area contributed by atoms with Crippen LogP contribution < -0.4 is 5.32 Å². The van der Waals surface area contributed by atoms with Gasteiger partial charge in [-0.3, -0.25) is 0 Å². The normalized spacial score (nSPS) is 10.3. The second kappa shape index (κ2) is 5.07. The van der Waals surface area contributed by atoms with Crippen molar-refractivity contribution in [3.8, 4) is 16.3 Å². The average Bonchev–Trinajstić information content (AvgIpc) is 2.96. The molecule has 5 heteroatoms. The van der Waals surface area contributed by atoms with Crippen LogP contribution in [0.1, 0.15) is 0 Å². The molecule has 3 aromatic rings. The van der Waals surface area contributed by atoms with Crippen LogP contribution in [0.3, 0.4) is 0 Å². The number of phenolic OH excluding ortho intramolecular Hbond substituents is 1. The van der Waals surface area contributed by atoms with Crippen LogP contribution in [0.2, 0.25) is 0 Å². The summed E-state index contributed by atoms with van der Waals surface area (Å²) in [5.74, 6) is 1.00. The third kappa shape index (κ3) is 2.71. The van der Waals surface area contributed by atoms with Crippen LogP contribution in [0.4, 0.5) is 11.5 Å². The lowest BCUT2D eigenvalue weighted by Crippen LogP contribution is -1.92. The molecule has 2 heterocycles.